The van der Waals surface area contributed by atoms with E-state index in [-0.39, 0.29) is 17.9 Å². The topological polar surface area (TPSA) is 49.3 Å². The molecule has 3 rings (SSSR count). The van der Waals surface area contributed by atoms with E-state index in [0.717, 1.165) is 16.7 Å². The van der Waals surface area contributed by atoms with Gasteiger partial charge in [-0.1, -0.05) is 91.0 Å². The van der Waals surface area contributed by atoms with Gasteiger partial charge in [-0.25, -0.2) is 0 Å². The fourth-order valence-corrected chi connectivity index (χ4v) is 5.23. The molecule has 3 aromatic carbocycles. The van der Waals surface area contributed by atoms with Crippen molar-refractivity contribution in [3.63, 3.8) is 0 Å². The van der Waals surface area contributed by atoms with E-state index in [9.17, 15) is 9.90 Å². The molecule has 0 saturated carbocycles. The molecule has 0 saturated heterocycles. The number of halogens is 1. The van der Waals surface area contributed by atoms with E-state index in [2.05, 4.69) is 41.7 Å². The van der Waals surface area contributed by atoms with E-state index in [1.54, 1.807) is 11.8 Å². The maximum absolute atomic E-state index is 12.0. The summed E-state index contributed by atoms with van der Waals surface area (Å²) in [4.78, 5) is 12.0. The molecule has 0 aliphatic carbocycles. The molecular formula is C26H30ClNO2S. The summed E-state index contributed by atoms with van der Waals surface area (Å²) in [6.07, 6.45) is 0. The van der Waals surface area contributed by atoms with Crippen LogP contribution < -0.4 is 5.32 Å². The van der Waals surface area contributed by atoms with Gasteiger partial charge in [-0.05, 0) is 37.5 Å². The Kier molecular flexibility index (Phi) is 8.75. The summed E-state index contributed by atoms with van der Waals surface area (Å²) in [6.45, 7) is 5.98. The molecule has 5 heteroatoms. The summed E-state index contributed by atoms with van der Waals surface area (Å²) >= 11 is 1.66. The molecule has 0 aliphatic rings. The maximum Gasteiger partial charge on any atom is 0.321 e. The number of nitrogens with one attached hydrogen (secondary N) is 1. The lowest BCUT2D eigenvalue weighted by Crippen LogP contribution is -2.49. The van der Waals surface area contributed by atoms with Gasteiger partial charge in [0.2, 0.25) is 0 Å². The van der Waals surface area contributed by atoms with E-state index < -0.39 is 16.8 Å². The molecule has 0 spiro atoms. The molecule has 3 nitrogen and oxygen atoms in total. The summed E-state index contributed by atoms with van der Waals surface area (Å²) in [5.41, 5.74) is 3.10. The third-order valence-electron chi connectivity index (χ3n) is 4.91. The van der Waals surface area contributed by atoms with Crippen molar-refractivity contribution in [2.75, 3.05) is 5.75 Å². The summed E-state index contributed by atoms with van der Waals surface area (Å²) in [6, 6.07) is 30.4. The summed E-state index contributed by atoms with van der Waals surface area (Å²) in [5, 5.41) is 13.1. The zero-order valence-electron chi connectivity index (χ0n) is 18.1. The standard InChI is InChI=1S/C26H29NO2S.ClH/c1-25(2,3)27-23(24(28)29)19-30-26(20-13-7-4-8-14-20,21-15-9-5-10-16-21)22-17-11-6-12-18-22;/h4-18,23,27H,19H2,1-3H3,(H,28,29);1H/t23-;/m0./s1. The van der Waals surface area contributed by atoms with E-state index in [1.807, 2.05) is 75.4 Å². The summed E-state index contributed by atoms with van der Waals surface area (Å²) in [7, 11) is 0. The first-order valence-electron chi connectivity index (χ1n) is 10.1. The lowest BCUT2D eigenvalue weighted by molar-refractivity contribution is -0.139. The molecule has 1 atom stereocenters. The van der Waals surface area contributed by atoms with Gasteiger partial charge in [0.25, 0.3) is 0 Å². The number of rotatable bonds is 8. The Morgan fingerprint density at radius 3 is 1.45 bits per heavy atom. The minimum absolute atomic E-state index is 0. The molecule has 0 radical (unpaired) electrons. The maximum atomic E-state index is 12.0. The Balaban J connectivity index is 0.00000341. The highest BCUT2D eigenvalue weighted by Crippen LogP contribution is 2.48. The minimum atomic E-state index is -0.833. The van der Waals surface area contributed by atoms with Gasteiger partial charge in [0.1, 0.15) is 6.04 Å². The van der Waals surface area contributed by atoms with E-state index >= 15 is 0 Å². The normalized spacial score (nSPS) is 12.6. The van der Waals surface area contributed by atoms with Gasteiger partial charge in [0.05, 0.1) is 4.75 Å². The molecule has 0 heterocycles. The lowest BCUT2D eigenvalue weighted by atomic mass is 9.84. The van der Waals surface area contributed by atoms with Crippen LogP contribution in [0.25, 0.3) is 0 Å². The fraction of sp³-hybridized carbons (Fsp3) is 0.269. The zero-order valence-corrected chi connectivity index (χ0v) is 19.7. The van der Waals surface area contributed by atoms with Crippen molar-refractivity contribution in [2.24, 2.45) is 0 Å². The van der Waals surface area contributed by atoms with Crippen molar-refractivity contribution in [1.82, 2.24) is 5.32 Å². The monoisotopic (exact) mass is 455 g/mol. The number of aliphatic carboxylic acids is 1. The van der Waals surface area contributed by atoms with Crippen LogP contribution in [0.4, 0.5) is 0 Å². The van der Waals surface area contributed by atoms with Gasteiger partial charge in [-0.2, -0.15) is 0 Å². The third-order valence-corrected chi connectivity index (χ3v) is 6.55. The number of carbonyl (C=O) groups is 1. The molecule has 0 fully saturated rings. The highest BCUT2D eigenvalue weighted by atomic mass is 35.5. The van der Waals surface area contributed by atoms with Gasteiger partial charge < -0.3 is 5.11 Å². The lowest BCUT2D eigenvalue weighted by Gasteiger charge is -2.37. The third kappa shape index (κ3) is 6.13. The van der Waals surface area contributed by atoms with Crippen LogP contribution in [0.15, 0.2) is 91.0 Å². The summed E-state index contributed by atoms with van der Waals surface area (Å²) in [5.74, 6) is -0.411. The van der Waals surface area contributed by atoms with Crippen molar-refractivity contribution in [1.29, 1.82) is 0 Å². The molecule has 164 valence electrons. The van der Waals surface area contributed by atoms with E-state index in [0.29, 0.717) is 5.75 Å². The van der Waals surface area contributed by atoms with Crippen LogP contribution in [0, 0.1) is 0 Å². The van der Waals surface area contributed by atoms with Crippen molar-refractivity contribution in [2.45, 2.75) is 37.1 Å². The van der Waals surface area contributed by atoms with Crippen LogP contribution >= 0.6 is 24.2 Å². The Bertz CT molecular complexity index is 847. The smallest absolute Gasteiger partial charge is 0.321 e. The average Bonchev–Trinajstić information content (AvgIpc) is 2.75. The van der Waals surface area contributed by atoms with E-state index in [1.165, 1.54) is 0 Å². The van der Waals surface area contributed by atoms with Crippen LogP contribution in [0.2, 0.25) is 0 Å². The van der Waals surface area contributed by atoms with Gasteiger partial charge in [0.15, 0.2) is 0 Å². The molecule has 0 aliphatic heterocycles. The predicted molar refractivity (Wildman–Crippen MR) is 133 cm³/mol. The average molecular weight is 456 g/mol. The first kappa shape index (κ1) is 25.0. The van der Waals surface area contributed by atoms with Gasteiger partial charge >= 0.3 is 5.97 Å². The van der Waals surface area contributed by atoms with Crippen molar-refractivity contribution in [3.05, 3.63) is 108 Å². The van der Waals surface area contributed by atoms with Crippen molar-refractivity contribution < 1.29 is 9.90 Å². The molecule has 0 unspecified atom stereocenters. The second-order valence-corrected chi connectivity index (χ2v) is 9.61. The number of hydrogen-bond donors (Lipinski definition) is 2. The zero-order chi connectivity index (χ0) is 21.6. The van der Waals surface area contributed by atoms with Crippen LogP contribution in [0.5, 0.6) is 0 Å². The second kappa shape index (κ2) is 10.9. The molecule has 0 amide bonds. The number of carboxylic acids is 1. The fourth-order valence-electron chi connectivity index (χ4n) is 3.67. The van der Waals surface area contributed by atoms with Crippen LogP contribution in [0.3, 0.4) is 0 Å². The van der Waals surface area contributed by atoms with Gasteiger partial charge in [-0.3, -0.25) is 10.1 Å². The van der Waals surface area contributed by atoms with Crippen LogP contribution in [-0.2, 0) is 9.54 Å². The first-order valence-corrected chi connectivity index (χ1v) is 11.1. The quantitative estimate of drug-likeness (QED) is 0.410. The van der Waals surface area contributed by atoms with Crippen molar-refractivity contribution >= 4 is 30.1 Å². The number of hydrogen-bond acceptors (Lipinski definition) is 3. The van der Waals surface area contributed by atoms with Crippen LogP contribution in [-0.4, -0.2) is 28.4 Å². The Morgan fingerprint density at radius 2 is 1.16 bits per heavy atom. The largest absolute Gasteiger partial charge is 0.480 e. The summed E-state index contributed by atoms with van der Waals surface area (Å²) < 4.78 is -0.517. The Morgan fingerprint density at radius 1 is 0.806 bits per heavy atom. The Labute approximate surface area is 195 Å². The van der Waals surface area contributed by atoms with Gasteiger partial charge in [-0.15, -0.1) is 24.2 Å². The number of benzene rings is 3. The Hall–Kier alpha value is -2.27. The number of carboxylic acid groups (broad SMARTS) is 1. The first-order chi connectivity index (χ1) is 14.3. The SMILES string of the molecule is CC(C)(C)N[C@@H](CSC(c1ccccc1)(c1ccccc1)c1ccccc1)C(=O)O.Cl. The molecule has 31 heavy (non-hydrogen) atoms. The van der Waals surface area contributed by atoms with E-state index in [4.69, 9.17) is 0 Å². The number of thioether (sulfide) groups is 1. The second-order valence-electron chi connectivity index (χ2n) is 8.38. The van der Waals surface area contributed by atoms with Crippen LogP contribution in [0.1, 0.15) is 37.5 Å². The highest BCUT2D eigenvalue weighted by Gasteiger charge is 2.38. The van der Waals surface area contributed by atoms with Gasteiger partial charge in [0, 0.05) is 11.3 Å². The predicted octanol–water partition coefficient (Wildman–Crippen LogP) is 5.97. The molecular weight excluding hydrogens is 426 g/mol. The van der Waals surface area contributed by atoms with Crippen molar-refractivity contribution in [3.8, 4) is 0 Å². The molecule has 3 aromatic rings. The molecule has 0 aromatic heterocycles. The highest BCUT2D eigenvalue weighted by molar-refractivity contribution is 8.00. The molecule has 2 N–H and O–H groups in total. The minimum Gasteiger partial charge on any atom is -0.480 e. The molecule has 0 bridgehead atoms.